The van der Waals surface area contributed by atoms with Crippen LogP contribution in [0.5, 0.6) is 0 Å². The van der Waals surface area contributed by atoms with E-state index in [0.29, 0.717) is 0 Å². The summed E-state index contributed by atoms with van der Waals surface area (Å²) >= 11 is 0. The van der Waals surface area contributed by atoms with Gasteiger partial charge in [-0.25, -0.2) is 0 Å². The zero-order valence-corrected chi connectivity index (χ0v) is 14.1. The number of rotatable bonds is 3. The van der Waals surface area contributed by atoms with Gasteiger partial charge in [-0.3, -0.25) is 0 Å². The van der Waals surface area contributed by atoms with Crippen LogP contribution >= 0.6 is 0 Å². The van der Waals surface area contributed by atoms with E-state index in [1.807, 2.05) is 12.2 Å². The lowest BCUT2D eigenvalue weighted by Gasteiger charge is -2.42. The number of anilines is 2. The number of fused-ring (bicyclic) bond motifs is 1. The molecule has 1 heterocycles. The number of aryl methyl sites for hydroxylation is 1. The molecule has 0 unspecified atom stereocenters. The average molecular weight is 301 g/mol. The summed E-state index contributed by atoms with van der Waals surface area (Å²) in [7, 11) is 0. The first-order valence-corrected chi connectivity index (χ1v) is 7.96. The van der Waals surface area contributed by atoms with Gasteiger partial charge in [-0.1, -0.05) is 69.0 Å². The van der Waals surface area contributed by atoms with Crippen LogP contribution in [0.4, 0.5) is 11.4 Å². The molecule has 0 bridgehead atoms. The van der Waals surface area contributed by atoms with Crippen molar-refractivity contribution >= 4 is 11.4 Å². The van der Waals surface area contributed by atoms with Crippen LogP contribution in [0.15, 0.2) is 85.1 Å². The summed E-state index contributed by atoms with van der Waals surface area (Å²) in [6, 6.07) is 17.2. The van der Waals surface area contributed by atoms with Gasteiger partial charge in [-0.05, 0) is 42.3 Å². The van der Waals surface area contributed by atoms with Crippen molar-refractivity contribution in [3.05, 3.63) is 96.2 Å². The standard InChI is InChI=1S/C22H23N/c1-6-18-20(7-2)23(17-14-12-16(3)13-15-17)21-11-9-8-10-19(21)22(18,4)5/h6-15H,1-2H2,3-5H3. The second kappa shape index (κ2) is 5.58. The van der Waals surface area contributed by atoms with E-state index in [-0.39, 0.29) is 5.41 Å². The lowest BCUT2D eigenvalue weighted by atomic mass is 9.73. The maximum atomic E-state index is 4.07. The number of allylic oxidation sites excluding steroid dienone is 3. The SMILES string of the molecule is C=CC1=C(C=C)C(C)(C)c2ccccc2N1c1ccc(C)cc1. The Hall–Kier alpha value is -2.54. The Balaban J connectivity index is 2.33. The summed E-state index contributed by atoms with van der Waals surface area (Å²) < 4.78 is 0. The van der Waals surface area contributed by atoms with Gasteiger partial charge in [0.25, 0.3) is 0 Å². The fourth-order valence-electron chi connectivity index (χ4n) is 3.45. The number of hydrogen-bond donors (Lipinski definition) is 0. The highest BCUT2D eigenvalue weighted by atomic mass is 15.2. The molecule has 2 aromatic rings. The summed E-state index contributed by atoms with van der Waals surface area (Å²) in [5, 5.41) is 0. The summed E-state index contributed by atoms with van der Waals surface area (Å²) in [5.74, 6) is 0. The molecule has 0 spiro atoms. The van der Waals surface area contributed by atoms with Crippen molar-refractivity contribution in [2.24, 2.45) is 0 Å². The fraction of sp³-hybridized carbons (Fsp3) is 0.182. The Morgan fingerprint density at radius 1 is 0.913 bits per heavy atom. The first kappa shape index (κ1) is 15.4. The summed E-state index contributed by atoms with van der Waals surface area (Å²) in [6.07, 6.45) is 3.91. The van der Waals surface area contributed by atoms with Gasteiger partial charge in [-0.15, -0.1) is 0 Å². The first-order chi connectivity index (χ1) is 11.0. The predicted molar refractivity (Wildman–Crippen MR) is 100 cm³/mol. The van der Waals surface area contributed by atoms with Gasteiger partial charge in [0.2, 0.25) is 0 Å². The summed E-state index contributed by atoms with van der Waals surface area (Å²) in [6.45, 7) is 14.7. The maximum Gasteiger partial charge on any atom is 0.0502 e. The second-order valence-electron chi connectivity index (χ2n) is 6.52. The molecule has 0 N–H and O–H groups in total. The quantitative estimate of drug-likeness (QED) is 0.667. The highest BCUT2D eigenvalue weighted by Crippen LogP contribution is 2.48. The van der Waals surface area contributed by atoms with Crippen molar-refractivity contribution in [3.8, 4) is 0 Å². The van der Waals surface area contributed by atoms with Gasteiger partial charge >= 0.3 is 0 Å². The van der Waals surface area contributed by atoms with Gasteiger partial charge in [0.05, 0.1) is 5.69 Å². The van der Waals surface area contributed by atoms with E-state index < -0.39 is 0 Å². The van der Waals surface area contributed by atoms with Crippen molar-refractivity contribution in [3.63, 3.8) is 0 Å². The Morgan fingerprint density at radius 3 is 2.17 bits per heavy atom. The number of para-hydroxylation sites is 1. The van der Waals surface area contributed by atoms with E-state index in [1.54, 1.807) is 0 Å². The summed E-state index contributed by atoms with van der Waals surface area (Å²) in [4.78, 5) is 2.28. The Labute approximate surface area is 139 Å². The summed E-state index contributed by atoms with van der Waals surface area (Å²) in [5.41, 5.74) is 7.13. The van der Waals surface area contributed by atoms with Crippen molar-refractivity contribution in [2.75, 3.05) is 4.90 Å². The third-order valence-corrected chi connectivity index (χ3v) is 4.70. The molecule has 0 aliphatic carbocycles. The van der Waals surface area contributed by atoms with Crippen molar-refractivity contribution < 1.29 is 0 Å². The highest BCUT2D eigenvalue weighted by molar-refractivity contribution is 5.79. The minimum atomic E-state index is -0.0942. The maximum absolute atomic E-state index is 4.07. The van der Waals surface area contributed by atoms with Crippen LogP contribution in [0.25, 0.3) is 0 Å². The van der Waals surface area contributed by atoms with Crippen molar-refractivity contribution in [1.29, 1.82) is 0 Å². The van der Waals surface area contributed by atoms with Gasteiger partial charge in [0.15, 0.2) is 0 Å². The smallest absolute Gasteiger partial charge is 0.0502 e. The van der Waals surface area contributed by atoms with Crippen LogP contribution in [0.3, 0.4) is 0 Å². The van der Waals surface area contributed by atoms with Crippen LogP contribution in [-0.4, -0.2) is 0 Å². The zero-order chi connectivity index (χ0) is 16.6. The molecular formula is C22H23N. The molecule has 0 radical (unpaired) electrons. The molecule has 0 fully saturated rings. The van der Waals surface area contributed by atoms with Crippen LogP contribution in [0, 0.1) is 6.92 Å². The Kier molecular flexibility index (Phi) is 3.73. The average Bonchev–Trinajstić information content (AvgIpc) is 2.55. The molecule has 116 valence electrons. The van der Waals surface area contributed by atoms with Crippen molar-refractivity contribution in [1.82, 2.24) is 0 Å². The third-order valence-electron chi connectivity index (χ3n) is 4.70. The van der Waals surface area contributed by atoms with Gasteiger partial charge in [0.1, 0.15) is 0 Å². The monoisotopic (exact) mass is 301 g/mol. The number of nitrogens with zero attached hydrogens (tertiary/aromatic N) is 1. The van der Waals surface area contributed by atoms with Crippen molar-refractivity contribution in [2.45, 2.75) is 26.2 Å². The Bertz CT molecular complexity index is 791. The van der Waals surface area contributed by atoms with E-state index in [1.165, 1.54) is 22.4 Å². The molecule has 3 rings (SSSR count). The second-order valence-corrected chi connectivity index (χ2v) is 6.52. The predicted octanol–water partition coefficient (Wildman–Crippen LogP) is 6.05. The van der Waals surface area contributed by atoms with Crippen LogP contribution in [0.1, 0.15) is 25.0 Å². The van der Waals surface area contributed by atoms with Gasteiger partial charge < -0.3 is 4.90 Å². The molecule has 1 aliphatic heterocycles. The number of hydrogen-bond acceptors (Lipinski definition) is 1. The Morgan fingerprint density at radius 2 is 1.57 bits per heavy atom. The molecule has 1 heteroatoms. The minimum absolute atomic E-state index is 0.0942. The largest absolute Gasteiger partial charge is 0.310 e. The van der Waals surface area contributed by atoms with E-state index in [4.69, 9.17) is 0 Å². The van der Waals surface area contributed by atoms with Gasteiger partial charge in [-0.2, -0.15) is 0 Å². The molecule has 0 aromatic heterocycles. The van der Waals surface area contributed by atoms with E-state index >= 15 is 0 Å². The lowest BCUT2D eigenvalue weighted by molar-refractivity contribution is 0.621. The van der Waals surface area contributed by atoms with E-state index in [9.17, 15) is 0 Å². The molecule has 1 aliphatic rings. The zero-order valence-electron chi connectivity index (χ0n) is 14.1. The lowest BCUT2D eigenvalue weighted by Crippen LogP contribution is -2.33. The molecule has 23 heavy (non-hydrogen) atoms. The van der Waals surface area contributed by atoms with Crippen LogP contribution < -0.4 is 4.90 Å². The molecule has 0 atom stereocenters. The highest BCUT2D eigenvalue weighted by Gasteiger charge is 2.36. The molecule has 0 amide bonds. The molecule has 1 nitrogen and oxygen atoms in total. The number of benzene rings is 2. The molecule has 0 saturated heterocycles. The van der Waals surface area contributed by atoms with Crippen LogP contribution in [0.2, 0.25) is 0 Å². The minimum Gasteiger partial charge on any atom is -0.310 e. The van der Waals surface area contributed by atoms with E-state index in [0.717, 1.165) is 11.4 Å². The first-order valence-electron chi connectivity index (χ1n) is 7.96. The van der Waals surface area contributed by atoms with E-state index in [2.05, 4.69) is 87.4 Å². The molecular weight excluding hydrogens is 278 g/mol. The topological polar surface area (TPSA) is 3.24 Å². The third kappa shape index (κ3) is 2.33. The van der Waals surface area contributed by atoms with Crippen LogP contribution in [-0.2, 0) is 5.41 Å². The molecule has 2 aromatic carbocycles. The van der Waals surface area contributed by atoms with Gasteiger partial charge in [0, 0.05) is 16.8 Å². The molecule has 0 saturated carbocycles. The normalized spacial score (nSPS) is 16.0. The fourth-order valence-corrected chi connectivity index (χ4v) is 3.45.